The van der Waals surface area contributed by atoms with E-state index in [2.05, 4.69) is 31.5 Å². The van der Waals surface area contributed by atoms with Crippen molar-refractivity contribution >= 4 is 34.4 Å². The molecule has 2 heterocycles. The second-order valence-electron chi connectivity index (χ2n) is 9.41. The Bertz CT molecular complexity index is 1310. The summed E-state index contributed by atoms with van der Waals surface area (Å²) in [5, 5.41) is 6.00. The number of ether oxygens (including phenoxy) is 1. The minimum Gasteiger partial charge on any atom is -0.460 e. The highest BCUT2D eigenvalue weighted by atomic mass is 32.2. The molecule has 1 aromatic heterocycles. The first kappa shape index (κ1) is 24.1. The highest BCUT2D eigenvalue weighted by Crippen LogP contribution is 2.66. The van der Waals surface area contributed by atoms with Crippen molar-refractivity contribution < 1.29 is 18.7 Å². The maximum atomic E-state index is 15.1. The Morgan fingerprint density at radius 2 is 2.11 bits per heavy atom. The van der Waals surface area contributed by atoms with E-state index in [0.29, 0.717) is 12.1 Å². The van der Waals surface area contributed by atoms with E-state index < -0.39 is 28.1 Å². The van der Waals surface area contributed by atoms with E-state index in [4.69, 9.17) is 16.9 Å². The van der Waals surface area contributed by atoms with Gasteiger partial charge < -0.3 is 21.1 Å². The Morgan fingerprint density at radius 3 is 2.78 bits per heavy atom. The summed E-state index contributed by atoms with van der Waals surface area (Å²) in [5.41, 5.74) is 5.72. The third-order valence-corrected chi connectivity index (χ3v) is 7.98. The fourth-order valence-electron chi connectivity index (χ4n) is 4.50. The van der Waals surface area contributed by atoms with Crippen LogP contribution in [0.15, 0.2) is 35.6 Å². The average Bonchev–Trinajstić information content (AvgIpc) is 3.77. The van der Waals surface area contributed by atoms with Crippen LogP contribution in [0, 0.1) is 24.1 Å². The van der Waals surface area contributed by atoms with Crippen LogP contribution < -0.4 is 21.1 Å². The minimum atomic E-state index is -1.06. The van der Waals surface area contributed by atoms with Crippen LogP contribution in [0.1, 0.15) is 49.2 Å². The molecule has 4 N–H and O–H groups in total. The van der Waals surface area contributed by atoms with Gasteiger partial charge in [0, 0.05) is 23.2 Å². The molecule has 0 unspecified atom stereocenters. The van der Waals surface area contributed by atoms with Crippen molar-refractivity contribution in [3.8, 4) is 18.2 Å². The number of amides is 2. The van der Waals surface area contributed by atoms with E-state index in [-0.39, 0.29) is 40.2 Å². The van der Waals surface area contributed by atoms with E-state index in [0.717, 1.165) is 12.8 Å². The summed E-state index contributed by atoms with van der Waals surface area (Å²) in [6.07, 6.45) is 9.84. The first-order valence-electron chi connectivity index (χ1n) is 11.6. The number of amidine groups is 1. The zero-order chi connectivity index (χ0) is 25.7. The van der Waals surface area contributed by atoms with Gasteiger partial charge in [0.05, 0.1) is 17.9 Å². The lowest BCUT2D eigenvalue weighted by atomic mass is 9.85. The van der Waals surface area contributed by atoms with Gasteiger partial charge in [0.25, 0.3) is 5.91 Å². The monoisotopic (exact) mass is 508 g/mol. The van der Waals surface area contributed by atoms with Gasteiger partial charge in [-0.15, -0.1) is 6.42 Å². The van der Waals surface area contributed by atoms with Crippen LogP contribution in [0.4, 0.5) is 10.1 Å². The first-order valence-corrected chi connectivity index (χ1v) is 12.4. The lowest BCUT2D eigenvalue weighted by Crippen LogP contribution is -2.44. The Kier molecular flexibility index (Phi) is 5.87. The lowest BCUT2D eigenvalue weighted by Gasteiger charge is -2.34. The largest absolute Gasteiger partial charge is 0.460 e. The van der Waals surface area contributed by atoms with Crippen LogP contribution in [-0.4, -0.2) is 43.8 Å². The number of halogens is 1. The third kappa shape index (κ3) is 4.37. The van der Waals surface area contributed by atoms with E-state index in [1.807, 2.05) is 0 Å². The molecule has 5 rings (SSSR count). The van der Waals surface area contributed by atoms with Gasteiger partial charge in [0.1, 0.15) is 16.3 Å². The van der Waals surface area contributed by atoms with Crippen LogP contribution in [0.2, 0.25) is 0 Å². The van der Waals surface area contributed by atoms with Gasteiger partial charge in [-0.3, -0.25) is 14.6 Å². The van der Waals surface area contributed by atoms with Crippen LogP contribution in [0.5, 0.6) is 5.88 Å². The fraction of sp³-hybridized carbons (Fsp3) is 0.400. The van der Waals surface area contributed by atoms with Gasteiger partial charge in [-0.1, -0.05) is 17.7 Å². The molecule has 2 aromatic rings. The quantitative estimate of drug-likeness (QED) is 0.490. The highest BCUT2D eigenvalue weighted by Gasteiger charge is 2.70. The number of nitrogens with zero attached hydrogens (tertiary/aromatic N) is 3. The summed E-state index contributed by atoms with van der Waals surface area (Å²) >= 11 is 1.25. The van der Waals surface area contributed by atoms with Gasteiger partial charge in [-0.05, 0) is 51.3 Å². The van der Waals surface area contributed by atoms with Crippen LogP contribution in [0.25, 0.3) is 0 Å². The van der Waals surface area contributed by atoms with Crippen molar-refractivity contribution in [1.82, 2.24) is 15.3 Å². The topological polar surface area (TPSA) is 132 Å². The van der Waals surface area contributed by atoms with Crippen molar-refractivity contribution in [2.45, 2.75) is 55.5 Å². The molecule has 11 heteroatoms. The van der Waals surface area contributed by atoms with E-state index in [9.17, 15) is 9.59 Å². The van der Waals surface area contributed by atoms with Crippen molar-refractivity contribution in [1.29, 1.82) is 0 Å². The molecule has 4 atom stereocenters. The van der Waals surface area contributed by atoms with Gasteiger partial charge in [0.2, 0.25) is 11.8 Å². The molecule has 0 spiro atoms. The summed E-state index contributed by atoms with van der Waals surface area (Å²) < 4.78 is 19.7. The molecule has 0 radical (unpaired) electrons. The summed E-state index contributed by atoms with van der Waals surface area (Å²) in [6, 6.07) is 4.45. The number of fused-ring (bicyclic) bond motifs is 1. The Balaban J connectivity index is 1.36. The minimum absolute atomic E-state index is 0.0436. The standard InChI is InChI=1S/C25H25FN6O3S/c1-4-13(2)35-20-12-28-18(11-29-20)21(33)30-15-7-8-17(26)16(9-15)24(3)19-10-25(19,36-23(27)32-24)22(34)31-14-5-6-14/h1,7-9,11-14,19H,5-6,10H2,2-3H3,(H2,27,32)(H,30,33)(H,31,34)/t13-,19-,24+,25-/m0/s1. The molecule has 2 amide bonds. The molecule has 2 saturated carbocycles. The average molecular weight is 509 g/mol. The van der Waals surface area contributed by atoms with Crippen LogP contribution in [-0.2, 0) is 10.3 Å². The number of aromatic nitrogens is 2. The third-order valence-electron chi connectivity index (χ3n) is 6.68. The number of hydrogen-bond donors (Lipinski definition) is 3. The van der Waals surface area contributed by atoms with Crippen LogP contribution in [0.3, 0.4) is 0 Å². The molecular weight excluding hydrogens is 483 g/mol. The number of terminal acetylenes is 1. The van der Waals surface area contributed by atoms with Crippen molar-refractivity contribution in [3.05, 3.63) is 47.7 Å². The zero-order valence-electron chi connectivity index (χ0n) is 19.7. The summed E-state index contributed by atoms with van der Waals surface area (Å²) in [5.74, 6) is 1.27. The number of carbonyl (C=O) groups excluding carboxylic acids is 2. The number of hydrogen-bond acceptors (Lipinski definition) is 8. The molecule has 36 heavy (non-hydrogen) atoms. The van der Waals surface area contributed by atoms with Crippen LogP contribution >= 0.6 is 11.8 Å². The molecule has 0 saturated heterocycles. The van der Waals surface area contributed by atoms with E-state index >= 15 is 4.39 Å². The van der Waals surface area contributed by atoms with Crippen molar-refractivity contribution in [2.24, 2.45) is 16.6 Å². The van der Waals surface area contributed by atoms with E-state index in [1.54, 1.807) is 13.8 Å². The maximum Gasteiger partial charge on any atom is 0.275 e. The summed E-state index contributed by atoms with van der Waals surface area (Å²) in [7, 11) is 0. The molecule has 1 aromatic carbocycles. The van der Waals surface area contributed by atoms with Gasteiger partial charge >= 0.3 is 0 Å². The first-order chi connectivity index (χ1) is 17.1. The smallest absolute Gasteiger partial charge is 0.275 e. The van der Waals surface area contributed by atoms with Crippen molar-refractivity contribution in [3.63, 3.8) is 0 Å². The van der Waals surface area contributed by atoms with Gasteiger partial charge in [-0.2, -0.15) is 0 Å². The molecule has 2 aliphatic carbocycles. The molecule has 9 nitrogen and oxygen atoms in total. The highest BCUT2D eigenvalue weighted by molar-refractivity contribution is 8.15. The van der Waals surface area contributed by atoms with Gasteiger partial charge in [-0.25, -0.2) is 14.4 Å². The Labute approximate surface area is 211 Å². The lowest BCUT2D eigenvalue weighted by molar-refractivity contribution is -0.121. The number of carbonyl (C=O) groups is 2. The predicted molar refractivity (Wildman–Crippen MR) is 134 cm³/mol. The molecule has 3 aliphatic rings. The molecule has 2 fully saturated rings. The number of nitrogens with two attached hydrogens (primary N) is 1. The normalized spacial score (nSPS) is 27.1. The SMILES string of the molecule is C#C[C@H](C)Oc1cnc(C(=O)Nc2ccc(F)c([C@@]3(C)N=C(N)S[C@@]4(C(=O)NC5CC5)C[C@H]43)c2)cn1. The number of aliphatic imine (C=N–C) groups is 1. The van der Waals surface area contributed by atoms with Gasteiger partial charge in [0.15, 0.2) is 11.3 Å². The Hall–Kier alpha value is -3.65. The predicted octanol–water partition coefficient (Wildman–Crippen LogP) is 2.58. The second kappa shape index (κ2) is 8.78. The van der Waals surface area contributed by atoms with Crippen molar-refractivity contribution in [2.75, 3.05) is 5.32 Å². The number of thioether (sulfide) groups is 1. The molecular formula is C25H25FN6O3S. The summed E-state index contributed by atoms with van der Waals surface area (Å²) in [6.45, 7) is 3.46. The molecule has 0 bridgehead atoms. The van der Waals surface area contributed by atoms with E-state index in [1.165, 1.54) is 42.4 Å². The molecule has 186 valence electrons. The summed E-state index contributed by atoms with van der Waals surface area (Å²) in [4.78, 5) is 38.4. The maximum absolute atomic E-state index is 15.1. The molecule has 1 aliphatic heterocycles. The Morgan fingerprint density at radius 1 is 1.33 bits per heavy atom. The zero-order valence-corrected chi connectivity index (χ0v) is 20.6. The number of benzene rings is 1. The number of nitrogens with one attached hydrogen (secondary N) is 2. The number of anilines is 1. The number of rotatable bonds is 7. The fourth-order valence-corrected chi connectivity index (χ4v) is 5.88. The second-order valence-corrected chi connectivity index (χ2v) is 10.8.